The van der Waals surface area contributed by atoms with Crippen LogP contribution in [0.1, 0.15) is 36.1 Å². The number of ether oxygens (including phenoxy) is 1. The Labute approximate surface area is 181 Å². The maximum Gasteiger partial charge on any atom is 0.278 e. The number of carbonyl (C=O) groups excluding carboxylic acids is 1. The smallest absolute Gasteiger partial charge is 0.278 e. The second-order valence-corrected chi connectivity index (χ2v) is 8.31. The maximum atomic E-state index is 13.5. The summed E-state index contributed by atoms with van der Waals surface area (Å²) in [6, 6.07) is 7.71. The Morgan fingerprint density at radius 2 is 1.97 bits per heavy atom. The quantitative estimate of drug-likeness (QED) is 0.558. The second kappa shape index (κ2) is 9.56. The van der Waals surface area contributed by atoms with Gasteiger partial charge in [0.15, 0.2) is 5.13 Å². The molecule has 3 aromatic rings. The van der Waals surface area contributed by atoms with Gasteiger partial charge in [-0.25, -0.2) is 4.98 Å². The highest BCUT2D eigenvalue weighted by Crippen LogP contribution is 2.32. The van der Waals surface area contributed by atoms with Crippen LogP contribution in [0.2, 0.25) is 0 Å². The summed E-state index contributed by atoms with van der Waals surface area (Å²) in [6.45, 7) is 7.24. The van der Waals surface area contributed by atoms with Gasteiger partial charge in [0, 0.05) is 19.1 Å². The molecular formula is C20H28ClN5O2S. The van der Waals surface area contributed by atoms with Crippen molar-refractivity contribution in [2.45, 2.75) is 26.8 Å². The molecule has 3 rings (SSSR count). The summed E-state index contributed by atoms with van der Waals surface area (Å²) < 4.78 is 8.09. The van der Waals surface area contributed by atoms with Crippen LogP contribution in [0.3, 0.4) is 0 Å². The molecule has 0 aliphatic heterocycles. The molecule has 0 bridgehead atoms. The zero-order valence-corrected chi connectivity index (χ0v) is 19.3. The Hall–Kier alpha value is -2.16. The van der Waals surface area contributed by atoms with Gasteiger partial charge in [0.05, 0.1) is 23.0 Å². The third-order valence-electron chi connectivity index (χ3n) is 4.40. The van der Waals surface area contributed by atoms with Gasteiger partial charge in [0.1, 0.15) is 11.4 Å². The van der Waals surface area contributed by atoms with Crippen LogP contribution in [0, 0.1) is 6.92 Å². The highest BCUT2D eigenvalue weighted by Gasteiger charge is 2.25. The topological polar surface area (TPSA) is 63.5 Å². The lowest BCUT2D eigenvalue weighted by Gasteiger charge is -2.22. The minimum Gasteiger partial charge on any atom is -0.497 e. The van der Waals surface area contributed by atoms with Crippen molar-refractivity contribution in [2.75, 3.05) is 39.2 Å². The molecule has 9 heteroatoms. The van der Waals surface area contributed by atoms with Gasteiger partial charge in [-0.15, -0.1) is 12.4 Å². The summed E-state index contributed by atoms with van der Waals surface area (Å²) in [6.07, 6.45) is 0. The molecule has 1 aromatic carbocycles. The SMILES string of the molecule is COc1ccc2nc(N(CCN(C)C)C(=O)c3cc(C)nn3C(C)C)sc2c1.Cl. The average Bonchev–Trinajstić information content (AvgIpc) is 3.24. The molecule has 0 radical (unpaired) electrons. The van der Waals surface area contributed by atoms with Crippen LogP contribution in [0.5, 0.6) is 5.75 Å². The lowest BCUT2D eigenvalue weighted by Crippen LogP contribution is -2.38. The van der Waals surface area contributed by atoms with Crippen LogP contribution in [0.15, 0.2) is 24.3 Å². The average molecular weight is 438 g/mol. The molecule has 29 heavy (non-hydrogen) atoms. The van der Waals surface area contributed by atoms with Crippen LogP contribution in [0.4, 0.5) is 5.13 Å². The van der Waals surface area contributed by atoms with Gasteiger partial charge in [-0.05, 0) is 59.1 Å². The monoisotopic (exact) mass is 437 g/mol. The number of aryl methyl sites for hydroxylation is 1. The number of hydrogen-bond acceptors (Lipinski definition) is 6. The van der Waals surface area contributed by atoms with Crippen molar-refractivity contribution in [2.24, 2.45) is 0 Å². The molecule has 0 unspecified atom stereocenters. The Morgan fingerprint density at radius 1 is 1.24 bits per heavy atom. The molecule has 0 atom stereocenters. The van der Waals surface area contributed by atoms with E-state index in [0.717, 1.165) is 28.2 Å². The number of amides is 1. The molecular weight excluding hydrogens is 410 g/mol. The van der Waals surface area contributed by atoms with Gasteiger partial charge >= 0.3 is 0 Å². The summed E-state index contributed by atoms with van der Waals surface area (Å²) in [5.74, 6) is 0.699. The normalized spacial score (nSPS) is 11.2. The van der Waals surface area contributed by atoms with Gasteiger partial charge in [-0.3, -0.25) is 14.4 Å². The van der Waals surface area contributed by atoms with E-state index in [4.69, 9.17) is 9.72 Å². The number of benzene rings is 1. The van der Waals surface area contributed by atoms with Crippen LogP contribution >= 0.6 is 23.7 Å². The summed E-state index contributed by atoms with van der Waals surface area (Å²) in [5, 5.41) is 5.18. The van der Waals surface area contributed by atoms with Crippen molar-refractivity contribution in [1.82, 2.24) is 19.7 Å². The molecule has 2 heterocycles. The number of hydrogen-bond donors (Lipinski definition) is 0. The minimum atomic E-state index is -0.0813. The highest BCUT2D eigenvalue weighted by atomic mass is 35.5. The molecule has 7 nitrogen and oxygen atoms in total. The number of halogens is 1. The molecule has 2 aromatic heterocycles. The predicted octanol–water partition coefficient (Wildman–Crippen LogP) is 4.02. The van der Waals surface area contributed by atoms with Gasteiger partial charge in [-0.2, -0.15) is 5.10 Å². The Bertz CT molecular complexity index is 983. The van der Waals surface area contributed by atoms with Crippen molar-refractivity contribution in [3.8, 4) is 5.75 Å². The number of methoxy groups -OCH3 is 1. The maximum absolute atomic E-state index is 13.5. The molecule has 0 N–H and O–H groups in total. The van der Waals surface area contributed by atoms with E-state index in [0.29, 0.717) is 17.4 Å². The predicted molar refractivity (Wildman–Crippen MR) is 121 cm³/mol. The standard InChI is InChI=1S/C20H27N5O2S.ClH/c1-13(2)25-17(11-14(3)22-25)19(26)24(10-9-23(4)5)20-21-16-8-7-15(27-6)12-18(16)28-20;/h7-8,11-13H,9-10H2,1-6H3;1H. The summed E-state index contributed by atoms with van der Waals surface area (Å²) in [7, 11) is 5.63. The first-order valence-corrected chi connectivity index (χ1v) is 10.1. The number of carbonyl (C=O) groups is 1. The number of thiazole rings is 1. The van der Waals surface area contributed by atoms with Crippen LogP contribution in [0.25, 0.3) is 10.2 Å². The zero-order chi connectivity index (χ0) is 20.4. The fourth-order valence-corrected chi connectivity index (χ4v) is 3.95. The number of fused-ring (bicyclic) bond motifs is 1. The van der Waals surface area contributed by atoms with Gasteiger partial charge in [-0.1, -0.05) is 11.3 Å². The Kier molecular flexibility index (Phi) is 7.62. The van der Waals surface area contributed by atoms with Crippen molar-refractivity contribution in [1.29, 1.82) is 0 Å². The summed E-state index contributed by atoms with van der Waals surface area (Å²) >= 11 is 1.50. The summed E-state index contributed by atoms with van der Waals surface area (Å²) in [5.41, 5.74) is 2.28. The number of likely N-dealkylation sites (N-methyl/N-ethyl adjacent to an activating group) is 1. The first-order valence-electron chi connectivity index (χ1n) is 9.27. The molecule has 0 saturated carbocycles. The van der Waals surface area contributed by atoms with E-state index in [-0.39, 0.29) is 24.4 Å². The van der Waals surface area contributed by atoms with E-state index in [1.807, 2.05) is 59.1 Å². The van der Waals surface area contributed by atoms with Crippen LogP contribution in [-0.4, -0.2) is 59.9 Å². The van der Waals surface area contributed by atoms with E-state index >= 15 is 0 Å². The van der Waals surface area contributed by atoms with E-state index in [2.05, 4.69) is 10.00 Å². The van der Waals surface area contributed by atoms with Gasteiger partial charge in [0.25, 0.3) is 5.91 Å². The number of nitrogens with zero attached hydrogens (tertiary/aromatic N) is 5. The third kappa shape index (κ3) is 5.07. The largest absolute Gasteiger partial charge is 0.497 e. The zero-order valence-electron chi connectivity index (χ0n) is 17.7. The first-order chi connectivity index (χ1) is 13.3. The summed E-state index contributed by atoms with van der Waals surface area (Å²) in [4.78, 5) is 22.0. The van der Waals surface area contributed by atoms with E-state index < -0.39 is 0 Å². The molecule has 1 amide bonds. The van der Waals surface area contributed by atoms with E-state index in [9.17, 15) is 4.79 Å². The fraction of sp³-hybridized carbons (Fsp3) is 0.450. The van der Waals surface area contributed by atoms with Crippen LogP contribution < -0.4 is 9.64 Å². The minimum absolute atomic E-state index is 0. The Balaban J connectivity index is 0.00000300. The molecule has 0 saturated heterocycles. The second-order valence-electron chi connectivity index (χ2n) is 7.30. The van der Waals surface area contributed by atoms with Gasteiger partial charge < -0.3 is 9.64 Å². The van der Waals surface area contributed by atoms with Crippen LogP contribution in [-0.2, 0) is 0 Å². The third-order valence-corrected chi connectivity index (χ3v) is 5.44. The lowest BCUT2D eigenvalue weighted by molar-refractivity contribution is 0.0973. The van der Waals surface area contributed by atoms with Crippen molar-refractivity contribution in [3.05, 3.63) is 35.7 Å². The molecule has 0 aliphatic carbocycles. The first kappa shape index (κ1) is 23.1. The molecule has 0 fully saturated rings. The molecule has 0 aliphatic rings. The number of anilines is 1. The lowest BCUT2D eigenvalue weighted by atomic mass is 10.3. The van der Waals surface area contributed by atoms with Crippen molar-refractivity contribution >= 4 is 45.0 Å². The molecule has 0 spiro atoms. The van der Waals surface area contributed by atoms with Gasteiger partial charge in [0.2, 0.25) is 0 Å². The van der Waals surface area contributed by atoms with Crippen molar-refractivity contribution in [3.63, 3.8) is 0 Å². The highest BCUT2D eigenvalue weighted by molar-refractivity contribution is 7.22. The Morgan fingerprint density at radius 3 is 2.59 bits per heavy atom. The fourth-order valence-electron chi connectivity index (χ4n) is 2.93. The number of rotatable bonds is 7. The molecule has 158 valence electrons. The van der Waals surface area contributed by atoms with E-state index in [1.165, 1.54) is 11.3 Å². The number of aromatic nitrogens is 3. The van der Waals surface area contributed by atoms with E-state index in [1.54, 1.807) is 16.7 Å². The van der Waals surface area contributed by atoms with Crippen molar-refractivity contribution < 1.29 is 9.53 Å².